The molecule has 27 heavy (non-hydrogen) atoms. The maximum atomic E-state index is 14.1. The number of benzene rings is 2. The maximum absolute atomic E-state index is 14.1. The minimum atomic E-state index is -0.556. The van der Waals surface area contributed by atoms with Gasteiger partial charge in [0.1, 0.15) is 5.82 Å². The van der Waals surface area contributed by atoms with E-state index >= 15 is 0 Å². The summed E-state index contributed by atoms with van der Waals surface area (Å²) in [6.07, 6.45) is 0. The van der Waals surface area contributed by atoms with Crippen LogP contribution in [0.2, 0.25) is 0 Å². The molecule has 0 bridgehead atoms. The summed E-state index contributed by atoms with van der Waals surface area (Å²) in [5.74, 6) is -0.785. The molecule has 0 saturated heterocycles. The van der Waals surface area contributed by atoms with E-state index in [0.29, 0.717) is 12.1 Å². The molecule has 140 valence electrons. The zero-order valence-electron chi connectivity index (χ0n) is 15.8. The van der Waals surface area contributed by atoms with Crippen LogP contribution < -0.4 is 5.56 Å². The Morgan fingerprint density at radius 3 is 2.59 bits per heavy atom. The zero-order valence-corrected chi connectivity index (χ0v) is 15.8. The number of aromatic amines is 1. The van der Waals surface area contributed by atoms with Crippen molar-refractivity contribution in [2.75, 3.05) is 6.54 Å². The third-order valence-corrected chi connectivity index (χ3v) is 4.42. The van der Waals surface area contributed by atoms with Gasteiger partial charge < -0.3 is 9.88 Å². The van der Waals surface area contributed by atoms with Gasteiger partial charge in [-0.2, -0.15) is 0 Å². The lowest BCUT2D eigenvalue weighted by Crippen LogP contribution is -2.36. The standard InChI is InChI=1S/C22H23FN2O2/c1-14(2)12-25(22(27)18-6-4-5-7-19(18)23)13-17-11-16-9-8-15(3)10-20(16)24-21(17)26/h4-11,14H,12-13H2,1-3H3,(H,24,26). The summed E-state index contributed by atoms with van der Waals surface area (Å²) in [6, 6.07) is 13.6. The molecule has 0 unspecified atom stereocenters. The highest BCUT2D eigenvalue weighted by molar-refractivity contribution is 5.94. The zero-order chi connectivity index (χ0) is 19.6. The Labute approximate surface area is 157 Å². The quantitative estimate of drug-likeness (QED) is 0.733. The van der Waals surface area contributed by atoms with Gasteiger partial charge >= 0.3 is 0 Å². The molecule has 2 aromatic carbocycles. The fourth-order valence-electron chi connectivity index (χ4n) is 3.15. The summed E-state index contributed by atoms with van der Waals surface area (Å²) >= 11 is 0. The predicted octanol–water partition coefficient (Wildman–Crippen LogP) is 4.27. The molecule has 0 aliphatic carbocycles. The number of aromatic nitrogens is 1. The summed E-state index contributed by atoms with van der Waals surface area (Å²) in [5, 5.41) is 0.901. The van der Waals surface area contributed by atoms with Gasteiger partial charge in [0.2, 0.25) is 0 Å². The van der Waals surface area contributed by atoms with Crippen LogP contribution in [0.25, 0.3) is 10.9 Å². The van der Waals surface area contributed by atoms with Crippen LogP contribution in [0.1, 0.15) is 35.3 Å². The molecule has 5 heteroatoms. The van der Waals surface area contributed by atoms with Crippen molar-refractivity contribution in [3.8, 4) is 0 Å². The number of nitrogens with one attached hydrogen (secondary N) is 1. The lowest BCUT2D eigenvalue weighted by Gasteiger charge is -2.25. The molecule has 0 aliphatic rings. The van der Waals surface area contributed by atoms with Gasteiger partial charge in [-0.1, -0.05) is 38.1 Å². The van der Waals surface area contributed by atoms with Crippen LogP contribution in [-0.2, 0) is 6.54 Å². The molecule has 0 radical (unpaired) electrons. The average molecular weight is 366 g/mol. The number of hydrogen-bond donors (Lipinski definition) is 1. The van der Waals surface area contributed by atoms with Crippen molar-refractivity contribution >= 4 is 16.8 Å². The molecule has 4 nitrogen and oxygen atoms in total. The van der Waals surface area contributed by atoms with Crippen LogP contribution in [0.4, 0.5) is 4.39 Å². The molecular formula is C22H23FN2O2. The smallest absolute Gasteiger partial charge is 0.257 e. The summed E-state index contributed by atoms with van der Waals surface area (Å²) < 4.78 is 14.1. The van der Waals surface area contributed by atoms with Crippen molar-refractivity contribution < 1.29 is 9.18 Å². The molecule has 0 atom stereocenters. The highest BCUT2D eigenvalue weighted by atomic mass is 19.1. The summed E-state index contributed by atoms with van der Waals surface area (Å²) in [4.78, 5) is 29.8. The first kappa shape index (κ1) is 18.8. The molecule has 1 heterocycles. The molecule has 3 rings (SSSR count). The van der Waals surface area contributed by atoms with E-state index in [1.54, 1.807) is 18.2 Å². The summed E-state index contributed by atoms with van der Waals surface area (Å²) in [7, 11) is 0. The predicted molar refractivity (Wildman–Crippen MR) is 105 cm³/mol. The normalized spacial score (nSPS) is 11.1. The van der Waals surface area contributed by atoms with Gasteiger partial charge in [-0.25, -0.2) is 4.39 Å². The molecular weight excluding hydrogens is 343 g/mol. The van der Waals surface area contributed by atoms with Crippen molar-refractivity contribution in [3.63, 3.8) is 0 Å². The van der Waals surface area contributed by atoms with E-state index in [4.69, 9.17) is 0 Å². The Balaban J connectivity index is 1.97. The van der Waals surface area contributed by atoms with Crippen LogP contribution in [-0.4, -0.2) is 22.3 Å². The fraction of sp³-hybridized carbons (Fsp3) is 0.273. The number of carbonyl (C=O) groups is 1. The second-order valence-corrected chi connectivity index (χ2v) is 7.27. The van der Waals surface area contributed by atoms with Crippen LogP contribution >= 0.6 is 0 Å². The van der Waals surface area contributed by atoms with Crippen molar-refractivity contribution in [1.29, 1.82) is 0 Å². The molecule has 0 saturated carbocycles. The Bertz CT molecular complexity index is 1040. The van der Waals surface area contributed by atoms with E-state index in [1.807, 2.05) is 39.0 Å². The monoisotopic (exact) mass is 366 g/mol. The first-order valence-corrected chi connectivity index (χ1v) is 9.01. The van der Waals surface area contributed by atoms with Gasteiger partial charge in [0.25, 0.3) is 11.5 Å². The van der Waals surface area contributed by atoms with E-state index < -0.39 is 11.7 Å². The number of aryl methyl sites for hydroxylation is 1. The van der Waals surface area contributed by atoms with Gasteiger partial charge in [-0.05, 0) is 48.1 Å². The molecule has 3 aromatic rings. The van der Waals surface area contributed by atoms with Crippen molar-refractivity contribution in [3.05, 3.63) is 81.4 Å². The molecule has 1 N–H and O–H groups in total. The Morgan fingerprint density at radius 2 is 1.89 bits per heavy atom. The van der Waals surface area contributed by atoms with Crippen LogP contribution in [0.5, 0.6) is 0 Å². The van der Waals surface area contributed by atoms with Gasteiger partial charge in [-0.15, -0.1) is 0 Å². The van der Waals surface area contributed by atoms with Gasteiger partial charge in [0.05, 0.1) is 12.1 Å². The Kier molecular flexibility index (Phi) is 5.40. The summed E-state index contributed by atoms with van der Waals surface area (Å²) in [5.41, 5.74) is 2.09. The minimum absolute atomic E-state index is 0.0194. The highest BCUT2D eigenvalue weighted by Gasteiger charge is 2.21. The molecule has 0 spiro atoms. The third-order valence-electron chi connectivity index (χ3n) is 4.42. The van der Waals surface area contributed by atoms with Crippen LogP contribution in [0.3, 0.4) is 0 Å². The number of hydrogen-bond acceptors (Lipinski definition) is 2. The lowest BCUT2D eigenvalue weighted by atomic mass is 10.1. The van der Waals surface area contributed by atoms with Crippen molar-refractivity contribution in [1.82, 2.24) is 9.88 Å². The van der Waals surface area contributed by atoms with Gasteiger partial charge in [-0.3, -0.25) is 9.59 Å². The minimum Gasteiger partial charge on any atom is -0.334 e. The number of pyridine rings is 1. The van der Waals surface area contributed by atoms with Crippen LogP contribution in [0.15, 0.2) is 53.3 Å². The molecule has 0 aliphatic heterocycles. The Hall–Kier alpha value is -2.95. The topological polar surface area (TPSA) is 53.2 Å². The van der Waals surface area contributed by atoms with E-state index in [0.717, 1.165) is 16.5 Å². The van der Waals surface area contributed by atoms with Gasteiger partial charge in [0.15, 0.2) is 0 Å². The van der Waals surface area contributed by atoms with Crippen molar-refractivity contribution in [2.45, 2.75) is 27.3 Å². The highest BCUT2D eigenvalue weighted by Crippen LogP contribution is 2.17. The number of H-pyrrole nitrogens is 1. The SMILES string of the molecule is Cc1ccc2cc(CN(CC(C)C)C(=O)c3ccccc3F)c(=O)[nH]c2c1. The van der Waals surface area contributed by atoms with E-state index in [1.165, 1.54) is 17.0 Å². The summed E-state index contributed by atoms with van der Waals surface area (Å²) in [6.45, 7) is 6.48. The number of fused-ring (bicyclic) bond motifs is 1. The lowest BCUT2D eigenvalue weighted by molar-refractivity contribution is 0.0717. The molecule has 0 fully saturated rings. The second-order valence-electron chi connectivity index (χ2n) is 7.27. The van der Waals surface area contributed by atoms with E-state index in [9.17, 15) is 14.0 Å². The first-order chi connectivity index (χ1) is 12.8. The van der Waals surface area contributed by atoms with Crippen LogP contribution in [0, 0.1) is 18.7 Å². The number of rotatable bonds is 5. The second kappa shape index (κ2) is 7.74. The number of halogens is 1. The molecule has 1 amide bonds. The Morgan fingerprint density at radius 1 is 1.15 bits per heavy atom. The van der Waals surface area contributed by atoms with E-state index in [-0.39, 0.29) is 23.6 Å². The maximum Gasteiger partial charge on any atom is 0.257 e. The van der Waals surface area contributed by atoms with Gasteiger partial charge in [0, 0.05) is 17.6 Å². The number of amides is 1. The molecule has 1 aromatic heterocycles. The first-order valence-electron chi connectivity index (χ1n) is 9.01. The largest absolute Gasteiger partial charge is 0.334 e. The third kappa shape index (κ3) is 4.25. The van der Waals surface area contributed by atoms with E-state index in [2.05, 4.69) is 4.98 Å². The van der Waals surface area contributed by atoms with Crippen molar-refractivity contribution in [2.24, 2.45) is 5.92 Å². The average Bonchev–Trinajstić information content (AvgIpc) is 2.61. The number of nitrogens with zero attached hydrogens (tertiary/aromatic N) is 1. The fourth-order valence-corrected chi connectivity index (χ4v) is 3.15. The number of carbonyl (C=O) groups excluding carboxylic acids is 1.